The van der Waals surface area contributed by atoms with Gasteiger partial charge in [0.2, 0.25) is 0 Å². The summed E-state index contributed by atoms with van der Waals surface area (Å²) in [5.41, 5.74) is 2.33. The van der Waals surface area contributed by atoms with Crippen molar-refractivity contribution in [1.82, 2.24) is 14.3 Å². The maximum atomic E-state index is 12.5. The number of phenols is 1. The first-order valence-electron chi connectivity index (χ1n) is 9.77. The SMILES string of the molecule is C[C@H](O)C(=N)n1ncn(-c2ccc(N3CCN(c4ccc(O)cc4)CC3)cc2)c1=O. The summed E-state index contributed by atoms with van der Waals surface area (Å²) in [5, 5.41) is 30.6. The smallest absolute Gasteiger partial charge is 0.356 e. The number of nitrogens with zero attached hydrogens (tertiary/aromatic N) is 5. The first kappa shape index (κ1) is 19.7. The van der Waals surface area contributed by atoms with Crippen molar-refractivity contribution in [2.24, 2.45) is 0 Å². The van der Waals surface area contributed by atoms with Gasteiger partial charge in [-0.3, -0.25) is 5.41 Å². The van der Waals surface area contributed by atoms with Crippen LogP contribution < -0.4 is 15.5 Å². The van der Waals surface area contributed by atoms with Gasteiger partial charge in [-0.2, -0.15) is 9.78 Å². The van der Waals surface area contributed by atoms with Crippen LogP contribution in [0, 0.1) is 5.41 Å². The Morgan fingerprint density at radius 3 is 1.90 bits per heavy atom. The average molecular weight is 408 g/mol. The highest BCUT2D eigenvalue weighted by Crippen LogP contribution is 2.23. The third-order valence-corrected chi connectivity index (χ3v) is 5.28. The Balaban J connectivity index is 1.44. The fraction of sp³-hybridized carbons (Fsp3) is 0.286. The van der Waals surface area contributed by atoms with E-state index in [1.54, 1.807) is 12.1 Å². The summed E-state index contributed by atoms with van der Waals surface area (Å²) in [7, 11) is 0. The number of aromatic hydroxyl groups is 1. The lowest BCUT2D eigenvalue weighted by molar-refractivity contribution is 0.255. The minimum atomic E-state index is -1.08. The number of aromatic nitrogens is 3. The molecule has 3 N–H and O–H groups in total. The number of hydrogen-bond acceptors (Lipinski definition) is 7. The lowest BCUT2D eigenvalue weighted by atomic mass is 10.2. The summed E-state index contributed by atoms with van der Waals surface area (Å²) in [5.74, 6) is 0.00621. The second-order valence-electron chi connectivity index (χ2n) is 7.26. The molecule has 0 unspecified atom stereocenters. The molecule has 30 heavy (non-hydrogen) atoms. The molecule has 1 atom stereocenters. The molecule has 156 valence electrons. The van der Waals surface area contributed by atoms with E-state index in [9.17, 15) is 15.0 Å². The largest absolute Gasteiger partial charge is 0.508 e. The number of benzene rings is 2. The van der Waals surface area contributed by atoms with Crippen molar-refractivity contribution in [3.05, 3.63) is 65.3 Å². The van der Waals surface area contributed by atoms with E-state index in [-0.39, 0.29) is 11.6 Å². The third kappa shape index (κ3) is 3.79. The molecule has 0 spiro atoms. The highest BCUT2D eigenvalue weighted by molar-refractivity contribution is 5.84. The second-order valence-corrected chi connectivity index (χ2v) is 7.26. The van der Waals surface area contributed by atoms with E-state index in [2.05, 4.69) is 14.9 Å². The highest BCUT2D eigenvalue weighted by atomic mass is 16.3. The van der Waals surface area contributed by atoms with E-state index < -0.39 is 11.8 Å². The molecule has 1 saturated heterocycles. The van der Waals surface area contributed by atoms with E-state index >= 15 is 0 Å². The molecule has 1 fully saturated rings. The van der Waals surface area contributed by atoms with Crippen LogP contribution in [-0.2, 0) is 0 Å². The lowest BCUT2D eigenvalue weighted by Crippen LogP contribution is -2.46. The van der Waals surface area contributed by atoms with Gasteiger partial charge in [-0.25, -0.2) is 9.36 Å². The zero-order valence-electron chi connectivity index (χ0n) is 16.6. The van der Waals surface area contributed by atoms with Crippen LogP contribution in [0.5, 0.6) is 5.75 Å². The molecule has 0 aliphatic carbocycles. The zero-order valence-corrected chi connectivity index (χ0v) is 16.6. The van der Waals surface area contributed by atoms with Gasteiger partial charge in [0.05, 0.1) is 5.69 Å². The van der Waals surface area contributed by atoms with Crippen LogP contribution in [0.2, 0.25) is 0 Å². The lowest BCUT2D eigenvalue weighted by Gasteiger charge is -2.37. The summed E-state index contributed by atoms with van der Waals surface area (Å²) >= 11 is 0. The molecule has 0 saturated carbocycles. The van der Waals surface area contributed by atoms with Crippen molar-refractivity contribution in [3.8, 4) is 11.4 Å². The third-order valence-electron chi connectivity index (χ3n) is 5.28. The predicted molar refractivity (Wildman–Crippen MR) is 115 cm³/mol. The number of nitrogens with one attached hydrogen (secondary N) is 1. The van der Waals surface area contributed by atoms with Crippen LogP contribution in [0.3, 0.4) is 0 Å². The van der Waals surface area contributed by atoms with Crippen molar-refractivity contribution >= 4 is 17.2 Å². The van der Waals surface area contributed by atoms with Crippen LogP contribution in [0.25, 0.3) is 5.69 Å². The fourth-order valence-electron chi connectivity index (χ4n) is 3.53. The molecule has 1 aromatic heterocycles. The number of hydrogen-bond donors (Lipinski definition) is 3. The van der Waals surface area contributed by atoms with E-state index in [0.717, 1.165) is 42.2 Å². The molecule has 1 aliphatic rings. The molecule has 1 aliphatic heterocycles. The molecule has 9 heteroatoms. The number of aliphatic hydroxyl groups excluding tert-OH is 1. The Morgan fingerprint density at radius 1 is 0.933 bits per heavy atom. The van der Waals surface area contributed by atoms with Gasteiger partial charge in [0.25, 0.3) is 0 Å². The highest BCUT2D eigenvalue weighted by Gasteiger charge is 2.18. The van der Waals surface area contributed by atoms with Crippen LogP contribution in [0.4, 0.5) is 11.4 Å². The Bertz CT molecular complexity index is 1080. The standard InChI is InChI=1S/C21H24N6O3/c1-15(28)20(22)27-21(30)26(14-23-27)18-4-2-16(3-5-18)24-10-12-25(13-11-24)17-6-8-19(29)9-7-17/h2-9,14-15,22,28-29H,10-13H2,1H3/t15-/m0/s1. The fourth-order valence-corrected chi connectivity index (χ4v) is 3.53. The van der Waals surface area contributed by atoms with Gasteiger partial charge < -0.3 is 20.0 Å². The quantitative estimate of drug-likeness (QED) is 0.443. The topological polar surface area (TPSA) is 111 Å². The van der Waals surface area contributed by atoms with Crippen molar-refractivity contribution in [2.45, 2.75) is 13.0 Å². The average Bonchev–Trinajstić information content (AvgIpc) is 3.15. The monoisotopic (exact) mass is 408 g/mol. The number of piperazine rings is 1. The van der Waals surface area contributed by atoms with Crippen LogP contribution in [0.15, 0.2) is 59.7 Å². The van der Waals surface area contributed by atoms with E-state index in [4.69, 9.17) is 5.41 Å². The molecule has 0 radical (unpaired) electrons. The van der Waals surface area contributed by atoms with E-state index in [1.165, 1.54) is 17.8 Å². The van der Waals surface area contributed by atoms with Gasteiger partial charge in [-0.1, -0.05) is 0 Å². The van der Waals surface area contributed by atoms with Gasteiger partial charge in [0, 0.05) is 37.6 Å². The Hall–Kier alpha value is -3.59. The normalized spacial score (nSPS) is 15.3. The molecule has 0 bridgehead atoms. The van der Waals surface area contributed by atoms with Gasteiger partial charge in [0.15, 0.2) is 5.84 Å². The summed E-state index contributed by atoms with van der Waals surface area (Å²) in [6.07, 6.45) is 0.277. The molecule has 4 rings (SSSR count). The van der Waals surface area contributed by atoms with Crippen molar-refractivity contribution in [1.29, 1.82) is 5.41 Å². The number of rotatable bonds is 4. The van der Waals surface area contributed by atoms with Crippen molar-refractivity contribution < 1.29 is 10.2 Å². The summed E-state index contributed by atoms with van der Waals surface area (Å²) in [6.45, 7) is 4.90. The predicted octanol–water partition coefficient (Wildman–Crippen LogP) is 1.27. The van der Waals surface area contributed by atoms with Gasteiger partial charge in [-0.15, -0.1) is 0 Å². The summed E-state index contributed by atoms with van der Waals surface area (Å²) in [6, 6.07) is 14.9. The minimum absolute atomic E-state index is 0.262. The van der Waals surface area contributed by atoms with E-state index in [1.807, 2.05) is 36.4 Å². The van der Waals surface area contributed by atoms with Gasteiger partial charge in [-0.05, 0) is 55.5 Å². The van der Waals surface area contributed by atoms with Gasteiger partial charge in [0.1, 0.15) is 18.2 Å². The molecule has 3 aromatic rings. The van der Waals surface area contributed by atoms with Crippen molar-refractivity contribution in [2.75, 3.05) is 36.0 Å². The molecule has 2 aromatic carbocycles. The van der Waals surface area contributed by atoms with Crippen LogP contribution in [-0.4, -0.2) is 62.7 Å². The zero-order chi connectivity index (χ0) is 21.3. The van der Waals surface area contributed by atoms with Crippen molar-refractivity contribution in [3.63, 3.8) is 0 Å². The maximum absolute atomic E-state index is 12.5. The number of anilines is 2. The number of phenolic OH excluding ortho intramolecular Hbond substituents is 1. The minimum Gasteiger partial charge on any atom is -0.508 e. The first-order valence-corrected chi connectivity index (χ1v) is 9.77. The summed E-state index contributed by atoms with van der Waals surface area (Å²) < 4.78 is 2.24. The maximum Gasteiger partial charge on any atom is 0.356 e. The molecule has 9 nitrogen and oxygen atoms in total. The molecular weight excluding hydrogens is 384 g/mol. The Morgan fingerprint density at radius 2 is 1.40 bits per heavy atom. The number of aliphatic hydroxyl groups is 1. The first-order chi connectivity index (χ1) is 14.4. The molecular formula is C21H24N6O3. The molecule has 2 heterocycles. The van der Waals surface area contributed by atoms with Crippen LogP contribution >= 0.6 is 0 Å². The van der Waals surface area contributed by atoms with E-state index in [0.29, 0.717) is 5.69 Å². The summed E-state index contributed by atoms with van der Waals surface area (Å²) in [4.78, 5) is 17.0. The van der Waals surface area contributed by atoms with Gasteiger partial charge >= 0.3 is 5.69 Å². The second kappa shape index (κ2) is 8.03. The Kier molecular flexibility index (Phi) is 5.28. The molecule has 0 amide bonds. The Labute approximate surface area is 173 Å². The van der Waals surface area contributed by atoms with Crippen LogP contribution in [0.1, 0.15) is 6.92 Å².